The van der Waals surface area contributed by atoms with Crippen molar-refractivity contribution in [3.63, 3.8) is 0 Å². The molecule has 0 bridgehead atoms. The topological polar surface area (TPSA) is 74.8 Å². The summed E-state index contributed by atoms with van der Waals surface area (Å²) in [4.78, 5) is 32.9. The van der Waals surface area contributed by atoms with Crippen molar-refractivity contribution in [1.29, 1.82) is 0 Å². The van der Waals surface area contributed by atoms with E-state index in [1.165, 1.54) is 0 Å². The average molecular weight is 346 g/mol. The van der Waals surface area contributed by atoms with Crippen LogP contribution in [0.5, 0.6) is 0 Å². The first kappa shape index (κ1) is 17.8. The van der Waals surface area contributed by atoms with E-state index in [2.05, 4.69) is 15.2 Å². The molecule has 136 valence electrons. The highest BCUT2D eigenvalue weighted by Gasteiger charge is 2.34. The summed E-state index contributed by atoms with van der Waals surface area (Å²) in [6.45, 7) is 7.06. The second-order valence-corrected chi connectivity index (χ2v) is 6.82. The molecular formula is C18H26N4O3. The molecule has 2 aliphatic heterocycles. The predicted octanol–water partition coefficient (Wildman–Crippen LogP) is 0.267. The van der Waals surface area contributed by atoms with E-state index in [9.17, 15) is 9.59 Å². The standard InChI is InChI=1S/C18H26N4O3/c1-14(11-21-6-8-25-9-7-21)20-18(24)15-10-17(23)22(12-15)13-16-4-2-3-5-19-16/h2-5,14-15H,6-13H2,1H3,(H,20,24)/t14-,15-/m1/s1. The fourth-order valence-electron chi connectivity index (χ4n) is 3.37. The predicted molar refractivity (Wildman–Crippen MR) is 92.6 cm³/mol. The Morgan fingerprint density at radius 1 is 1.40 bits per heavy atom. The SMILES string of the molecule is C[C@H](CN1CCOCC1)NC(=O)[C@@H]1CC(=O)N(Cc2ccccn2)C1. The highest BCUT2D eigenvalue weighted by molar-refractivity contribution is 5.89. The lowest BCUT2D eigenvalue weighted by Gasteiger charge is -2.29. The van der Waals surface area contributed by atoms with Gasteiger partial charge in [-0.05, 0) is 19.1 Å². The summed E-state index contributed by atoms with van der Waals surface area (Å²) >= 11 is 0. The number of amides is 2. The molecular weight excluding hydrogens is 320 g/mol. The summed E-state index contributed by atoms with van der Waals surface area (Å²) in [7, 11) is 0. The van der Waals surface area contributed by atoms with Gasteiger partial charge in [0.25, 0.3) is 0 Å². The van der Waals surface area contributed by atoms with Gasteiger partial charge in [-0.3, -0.25) is 19.5 Å². The van der Waals surface area contributed by atoms with Crippen LogP contribution >= 0.6 is 0 Å². The third-order valence-electron chi connectivity index (χ3n) is 4.69. The number of nitrogens with zero attached hydrogens (tertiary/aromatic N) is 3. The van der Waals surface area contributed by atoms with Gasteiger partial charge in [0.05, 0.1) is 31.4 Å². The van der Waals surface area contributed by atoms with Crippen LogP contribution in [-0.4, -0.2) is 72.0 Å². The maximum atomic E-state index is 12.5. The molecule has 2 atom stereocenters. The molecule has 0 spiro atoms. The first-order chi connectivity index (χ1) is 12.1. The molecule has 2 saturated heterocycles. The Labute approximate surface area is 148 Å². The summed E-state index contributed by atoms with van der Waals surface area (Å²) in [5.41, 5.74) is 0.845. The molecule has 3 heterocycles. The lowest BCUT2D eigenvalue weighted by atomic mass is 10.1. The summed E-state index contributed by atoms with van der Waals surface area (Å²) < 4.78 is 5.34. The van der Waals surface area contributed by atoms with Crippen LogP contribution in [0.1, 0.15) is 19.0 Å². The van der Waals surface area contributed by atoms with Gasteiger partial charge in [-0.2, -0.15) is 0 Å². The van der Waals surface area contributed by atoms with Crippen LogP contribution in [0.2, 0.25) is 0 Å². The van der Waals surface area contributed by atoms with Crippen LogP contribution < -0.4 is 5.32 Å². The van der Waals surface area contributed by atoms with E-state index >= 15 is 0 Å². The Balaban J connectivity index is 1.46. The van der Waals surface area contributed by atoms with Crippen molar-refractivity contribution in [1.82, 2.24) is 20.1 Å². The quantitative estimate of drug-likeness (QED) is 0.800. The zero-order valence-corrected chi connectivity index (χ0v) is 14.7. The Hall–Kier alpha value is -1.99. The van der Waals surface area contributed by atoms with Crippen LogP contribution in [0.25, 0.3) is 0 Å². The molecule has 1 aromatic heterocycles. The van der Waals surface area contributed by atoms with E-state index in [-0.39, 0.29) is 30.2 Å². The number of carbonyl (C=O) groups is 2. The molecule has 0 aromatic carbocycles. The van der Waals surface area contributed by atoms with Crippen LogP contribution in [-0.2, 0) is 20.9 Å². The maximum Gasteiger partial charge on any atom is 0.225 e. The lowest BCUT2D eigenvalue weighted by Crippen LogP contribution is -2.47. The molecule has 0 aliphatic carbocycles. The normalized spacial score (nSPS) is 22.8. The largest absolute Gasteiger partial charge is 0.379 e. The summed E-state index contributed by atoms with van der Waals surface area (Å²) in [6, 6.07) is 5.71. The van der Waals surface area contributed by atoms with Crippen molar-refractivity contribution >= 4 is 11.8 Å². The molecule has 3 rings (SSSR count). The van der Waals surface area contributed by atoms with Crippen LogP contribution in [0.15, 0.2) is 24.4 Å². The van der Waals surface area contributed by atoms with Gasteiger partial charge in [0.2, 0.25) is 11.8 Å². The number of likely N-dealkylation sites (tertiary alicyclic amines) is 1. The maximum absolute atomic E-state index is 12.5. The van der Waals surface area contributed by atoms with Gasteiger partial charge < -0.3 is 15.0 Å². The number of nitrogens with one attached hydrogen (secondary N) is 1. The number of hydrogen-bond donors (Lipinski definition) is 1. The molecule has 2 aliphatic rings. The Morgan fingerprint density at radius 3 is 2.92 bits per heavy atom. The zero-order chi connectivity index (χ0) is 17.6. The molecule has 7 nitrogen and oxygen atoms in total. The number of hydrogen-bond acceptors (Lipinski definition) is 5. The molecule has 2 amide bonds. The molecule has 0 radical (unpaired) electrons. The van der Waals surface area contributed by atoms with E-state index in [1.807, 2.05) is 25.1 Å². The fraction of sp³-hybridized carbons (Fsp3) is 0.611. The minimum Gasteiger partial charge on any atom is -0.379 e. The number of ether oxygens (including phenoxy) is 1. The van der Waals surface area contributed by atoms with Gasteiger partial charge in [-0.25, -0.2) is 0 Å². The van der Waals surface area contributed by atoms with Gasteiger partial charge in [0.15, 0.2) is 0 Å². The van der Waals surface area contributed by atoms with E-state index in [0.29, 0.717) is 13.1 Å². The molecule has 7 heteroatoms. The highest BCUT2D eigenvalue weighted by Crippen LogP contribution is 2.20. The lowest BCUT2D eigenvalue weighted by molar-refractivity contribution is -0.129. The molecule has 25 heavy (non-hydrogen) atoms. The molecule has 2 fully saturated rings. The molecule has 1 N–H and O–H groups in total. The number of aromatic nitrogens is 1. The molecule has 1 aromatic rings. The Bertz CT molecular complexity index is 589. The second-order valence-electron chi connectivity index (χ2n) is 6.82. The third kappa shape index (κ3) is 4.99. The van der Waals surface area contributed by atoms with Crippen LogP contribution in [0.4, 0.5) is 0 Å². The van der Waals surface area contributed by atoms with Crippen LogP contribution in [0.3, 0.4) is 0 Å². The third-order valence-corrected chi connectivity index (χ3v) is 4.69. The van der Waals surface area contributed by atoms with Gasteiger partial charge in [0, 0.05) is 44.8 Å². The van der Waals surface area contributed by atoms with Crippen molar-refractivity contribution in [3.8, 4) is 0 Å². The first-order valence-electron chi connectivity index (χ1n) is 8.90. The Kier molecular flexibility index (Phi) is 5.99. The number of rotatable bonds is 6. The van der Waals surface area contributed by atoms with Crippen molar-refractivity contribution in [2.24, 2.45) is 5.92 Å². The van der Waals surface area contributed by atoms with E-state index in [0.717, 1.165) is 38.5 Å². The van der Waals surface area contributed by atoms with Crippen molar-refractivity contribution in [2.75, 3.05) is 39.4 Å². The molecule has 0 unspecified atom stereocenters. The van der Waals surface area contributed by atoms with Crippen LogP contribution in [0, 0.1) is 5.92 Å². The van der Waals surface area contributed by atoms with Crippen molar-refractivity contribution in [3.05, 3.63) is 30.1 Å². The minimum atomic E-state index is -0.275. The second kappa shape index (κ2) is 8.40. The number of pyridine rings is 1. The zero-order valence-electron chi connectivity index (χ0n) is 14.7. The van der Waals surface area contributed by atoms with E-state index in [4.69, 9.17) is 4.74 Å². The minimum absolute atomic E-state index is 0.0200. The smallest absolute Gasteiger partial charge is 0.225 e. The fourth-order valence-corrected chi connectivity index (χ4v) is 3.37. The summed E-state index contributed by atoms with van der Waals surface area (Å²) in [5, 5.41) is 3.06. The van der Waals surface area contributed by atoms with Gasteiger partial charge in [-0.15, -0.1) is 0 Å². The molecule has 0 saturated carbocycles. The van der Waals surface area contributed by atoms with E-state index < -0.39 is 0 Å². The average Bonchev–Trinajstić information content (AvgIpc) is 2.97. The van der Waals surface area contributed by atoms with Gasteiger partial charge in [0.1, 0.15) is 0 Å². The van der Waals surface area contributed by atoms with Crippen molar-refractivity contribution in [2.45, 2.75) is 25.9 Å². The van der Waals surface area contributed by atoms with Gasteiger partial charge >= 0.3 is 0 Å². The number of carbonyl (C=O) groups excluding carboxylic acids is 2. The summed E-state index contributed by atoms with van der Waals surface area (Å²) in [5.74, 6) is -0.285. The Morgan fingerprint density at radius 2 is 2.20 bits per heavy atom. The highest BCUT2D eigenvalue weighted by atomic mass is 16.5. The summed E-state index contributed by atoms with van der Waals surface area (Å²) in [6.07, 6.45) is 2.00. The van der Waals surface area contributed by atoms with E-state index in [1.54, 1.807) is 11.1 Å². The monoisotopic (exact) mass is 346 g/mol. The number of morpholine rings is 1. The van der Waals surface area contributed by atoms with Crippen molar-refractivity contribution < 1.29 is 14.3 Å². The van der Waals surface area contributed by atoms with Gasteiger partial charge in [-0.1, -0.05) is 6.07 Å². The first-order valence-corrected chi connectivity index (χ1v) is 8.90.